The molecule has 1 aromatic rings. The molecule has 1 aliphatic carbocycles. The first-order valence-corrected chi connectivity index (χ1v) is 5.02. The second-order valence-corrected chi connectivity index (χ2v) is 3.99. The zero-order chi connectivity index (χ0) is 9.26. The smallest absolute Gasteiger partial charge is 0.0808 e. The van der Waals surface area contributed by atoms with Gasteiger partial charge in [0.15, 0.2) is 0 Å². The first kappa shape index (κ1) is 8.62. The SMILES string of the molecule is Bc1c(C)cccc1/C=C/C1CC1. The second kappa shape index (κ2) is 3.41. The molecule has 0 aliphatic heterocycles. The van der Waals surface area contributed by atoms with Crippen LogP contribution in [0.15, 0.2) is 24.3 Å². The largest absolute Gasteiger partial charge is 0.140 e. The minimum Gasteiger partial charge on any atom is -0.0808 e. The zero-order valence-corrected chi connectivity index (χ0v) is 8.38. The molecule has 1 heteroatoms. The Morgan fingerprint density at radius 3 is 2.85 bits per heavy atom. The summed E-state index contributed by atoms with van der Waals surface area (Å²) in [5.74, 6) is 0.875. The fourth-order valence-corrected chi connectivity index (χ4v) is 1.48. The molecule has 1 aliphatic rings. The van der Waals surface area contributed by atoms with Crippen LogP contribution in [0.2, 0.25) is 0 Å². The van der Waals surface area contributed by atoms with Crippen LogP contribution < -0.4 is 5.46 Å². The molecule has 0 aromatic heterocycles. The third kappa shape index (κ3) is 2.03. The van der Waals surface area contributed by atoms with Gasteiger partial charge in [-0.2, -0.15) is 0 Å². The lowest BCUT2D eigenvalue weighted by Gasteiger charge is -2.03. The minimum atomic E-state index is 0.875. The van der Waals surface area contributed by atoms with Crippen LogP contribution in [0.25, 0.3) is 6.08 Å². The van der Waals surface area contributed by atoms with Crippen molar-refractivity contribution in [2.75, 3.05) is 0 Å². The van der Waals surface area contributed by atoms with Gasteiger partial charge in [0.05, 0.1) is 0 Å². The summed E-state index contributed by atoms with van der Waals surface area (Å²) in [6, 6.07) is 6.50. The van der Waals surface area contributed by atoms with Crippen molar-refractivity contribution in [3.8, 4) is 0 Å². The molecule has 66 valence electrons. The van der Waals surface area contributed by atoms with Crippen molar-refractivity contribution in [3.63, 3.8) is 0 Å². The van der Waals surface area contributed by atoms with Crippen molar-refractivity contribution >= 4 is 19.4 Å². The van der Waals surface area contributed by atoms with Crippen molar-refractivity contribution in [2.24, 2.45) is 5.92 Å². The van der Waals surface area contributed by atoms with Gasteiger partial charge in [-0.05, 0) is 31.2 Å². The van der Waals surface area contributed by atoms with Crippen LogP contribution in [0, 0.1) is 12.8 Å². The summed E-state index contributed by atoms with van der Waals surface area (Å²) in [5, 5.41) is 0. The van der Waals surface area contributed by atoms with E-state index in [0.717, 1.165) is 5.92 Å². The van der Waals surface area contributed by atoms with Gasteiger partial charge in [-0.1, -0.05) is 41.4 Å². The van der Waals surface area contributed by atoms with E-state index < -0.39 is 0 Å². The highest BCUT2D eigenvalue weighted by atomic mass is 14.2. The summed E-state index contributed by atoms with van der Waals surface area (Å²) < 4.78 is 0. The Morgan fingerprint density at radius 2 is 2.15 bits per heavy atom. The Bertz CT molecular complexity index is 335. The van der Waals surface area contributed by atoms with Crippen molar-refractivity contribution in [1.82, 2.24) is 0 Å². The normalized spacial score (nSPS) is 16.7. The predicted octanol–water partition coefficient (Wildman–Crippen LogP) is 1.68. The van der Waals surface area contributed by atoms with Crippen LogP contribution in [0.3, 0.4) is 0 Å². The molecular formula is C12H15B. The lowest BCUT2D eigenvalue weighted by Crippen LogP contribution is -2.10. The number of rotatable bonds is 2. The van der Waals surface area contributed by atoms with Gasteiger partial charge < -0.3 is 0 Å². The van der Waals surface area contributed by atoms with Gasteiger partial charge in [0, 0.05) is 0 Å². The summed E-state index contributed by atoms with van der Waals surface area (Å²) >= 11 is 0. The molecule has 0 bridgehead atoms. The van der Waals surface area contributed by atoms with E-state index in [4.69, 9.17) is 0 Å². The Kier molecular flexibility index (Phi) is 2.26. The van der Waals surface area contributed by atoms with Gasteiger partial charge >= 0.3 is 0 Å². The van der Waals surface area contributed by atoms with Crippen LogP contribution in [0.5, 0.6) is 0 Å². The summed E-state index contributed by atoms with van der Waals surface area (Å²) in [6.45, 7) is 2.17. The van der Waals surface area contributed by atoms with Gasteiger partial charge in [0.1, 0.15) is 7.85 Å². The molecule has 0 nitrogen and oxygen atoms in total. The van der Waals surface area contributed by atoms with E-state index >= 15 is 0 Å². The minimum absolute atomic E-state index is 0.875. The monoisotopic (exact) mass is 170 g/mol. The molecule has 1 aromatic carbocycles. The third-order valence-corrected chi connectivity index (χ3v) is 2.82. The maximum atomic E-state index is 2.35. The van der Waals surface area contributed by atoms with Gasteiger partial charge in [0.25, 0.3) is 0 Å². The van der Waals surface area contributed by atoms with E-state index in [2.05, 4.69) is 45.1 Å². The van der Waals surface area contributed by atoms with Crippen LogP contribution in [-0.4, -0.2) is 7.85 Å². The molecule has 0 atom stereocenters. The Morgan fingerprint density at radius 1 is 1.38 bits per heavy atom. The molecule has 0 amide bonds. The standard InChI is InChI=1S/C12H15B/c1-9-3-2-4-11(12(9)13)8-7-10-5-6-10/h2-4,7-8,10H,5-6,13H2,1H3/b8-7+. The zero-order valence-electron chi connectivity index (χ0n) is 8.38. The first-order valence-electron chi connectivity index (χ1n) is 5.02. The Balaban J connectivity index is 2.23. The molecular weight excluding hydrogens is 155 g/mol. The van der Waals surface area contributed by atoms with Crippen LogP contribution >= 0.6 is 0 Å². The lowest BCUT2D eigenvalue weighted by atomic mass is 9.86. The number of hydrogen-bond donors (Lipinski definition) is 0. The van der Waals surface area contributed by atoms with Crippen LogP contribution in [-0.2, 0) is 0 Å². The van der Waals surface area contributed by atoms with Crippen molar-refractivity contribution < 1.29 is 0 Å². The van der Waals surface area contributed by atoms with Gasteiger partial charge in [-0.25, -0.2) is 0 Å². The fraction of sp³-hybridized carbons (Fsp3) is 0.333. The third-order valence-electron chi connectivity index (χ3n) is 2.82. The highest BCUT2D eigenvalue weighted by Crippen LogP contribution is 2.30. The van der Waals surface area contributed by atoms with Gasteiger partial charge in [-0.15, -0.1) is 0 Å². The van der Waals surface area contributed by atoms with Crippen molar-refractivity contribution in [1.29, 1.82) is 0 Å². The maximum Gasteiger partial charge on any atom is 0.140 e. The summed E-state index contributed by atoms with van der Waals surface area (Å²) in [7, 11) is 2.20. The average molecular weight is 170 g/mol. The molecule has 0 heterocycles. The first-order chi connectivity index (χ1) is 6.27. The number of aryl methyl sites for hydroxylation is 1. The molecule has 1 saturated carbocycles. The predicted molar refractivity (Wildman–Crippen MR) is 61.1 cm³/mol. The molecule has 0 unspecified atom stereocenters. The molecule has 2 rings (SSSR count). The van der Waals surface area contributed by atoms with E-state index in [0.29, 0.717) is 0 Å². The van der Waals surface area contributed by atoms with E-state index in [1.54, 1.807) is 0 Å². The summed E-state index contributed by atoms with van der Waals surface area (Å²) in [5.41, 5.74) is 4.18. The maximum absolute atomic E-state index is 2.35. The van der Waals surface area contributed by atoms with Crippen LogP contribution in [0.4, 0.5) is 0 Å². The van der Waals surface area contributed by atoms with E-state index in [1.165, 1.54) is 29.4 Å². The quantitative estimate of drug-likeness (QED) is 0.592. The second-order valence-electron chi connectivity index (χ2n) is 3.99. The Hall–Kier alpha value is -0.975. The highest BCUT2D eigenvalue weighted by molar-refractivity contribution is 6.35. The summed E-state index contributed by atoms with van der Waals surface area (Å²) in [6.07, 6.45) is 7.41. The molecule has 0 spiro atoms. The molecule has 1 fully saturated rings. The lowest BCUT2D eigenvalue weighted by molar-refractivity contribution is 1.13. The number of hydrogen-bond acceptors (Lipinski definition) is 0. The topological polar surface area (TPSA) is 0 Å². The van der Waals surface area contributed by atoms with E-state index in [1.807, 2.05) is 0 Å². The van der Waals surface area contributed by atoms with Crippen molar-refractivity contribution in [2.45, 2.75) is 19.8 Å². The average Bonchev–Trinajstić information content (AvgIpc) is 2.91. The number of benzene rings is 1. The molecule has 0 saturated heterocycles. The van der Waals surface area contributed by atoms with Gasteiger partial charge in [-0.3, -0.25) is 0 Å². The molecule has 0 N–H and O–H groups in total. The highest BCUT2D eigenvalue weighted by Gasteiger charge is 2.16. The summed E-state index contributed by atoms with van der Waals surface area (Å²) in [4.78, 5) is 0. The van der Waals surface area contributed by atoms with E-state index in [-0.39, 0.29) is 0 Å². The van der Waals surface area contributed by atoms with Gasteiger partial charge in [0.2, 0.25) is 0 Å². The molecule has 0 radical (unpaired) electrons. The van der Waals surface area contributed by atoms with Crippen LogP contribution in [0.1, 0.15) is 24.0 Å². The number of allylic oxidation sites excluding steroid dienone is 1. The molecule has 13 heavy (non-hydrogen) atoms. The van der Waals surface area contributed by atoms with Crippen molar-refractivity contribution in [3.05, 3.63) is 35.4 Å². The van der Waals surface area contributed by atoms with E-state index in [9.17, 15) is 0 Å². The Labute approximate surface area is 81.1 Å². The fourth-order valence-electron chi connectivity index (χ4n) is 1.48.